The Kier molecular flexibility index (Phi) is 4.89. The predicted octanol–water partition coefficient (Wildman–Crippen LogP) is -0.525. The van der Waals surface area contributed by atoms with E-state index in [1.54, 1.807) is 0 Å². The van der Waals surface area contributed by atoms with Crippen molar-refractivity contribution in [2.24, 2.45) is 0 Å². The van der Waals surface area contributed by atoms with Gasteiger partial charge >= 0.3 is 5.97 Å². The Hall–Kier alpha value is -3.34. The van der Waals surface area contributed by atoms with E-state index in [9.17, 15) is 14.0 Å². The molecule has 0 bridgehead atoms. The molecular weight excluding hydrogens is 347 g/mol. The molecule has 26 heavy (non-hydrogen) atoms. The van der Waals surface area contributed by atoms with Gasteiger partial charge < -0.3 is 20.1 Å². The fourth-order valence-corrected chi connectivity index (χ4v) is 2.53. The van der Waals surface area contributed by atoms with Crippen molar-refractivity contribution in [3.63, 3.8) is 0 Å². The molecule has 136 valence electrons. The van der Waals surface area contributed by atoms with Crippen LogP contribution in [0, 0.1) is 5.82 Å². The highest BCUT2D eigenvalue weighted by Gasteiger charge is 2.34. The van der Waals surface area contributed by atoms with Gasteiger partial charge in [0.05, 0.1) is 25.8 Å². The molecule has 0 spiro atoms. The van der Waals surface area contributed by atoms with Crippen LogP contribution >= 0.6 is 0 Å². The second kappa shape index (κ2) is 7.27. The van der Waals surface area contributed by atoms with E-state index in [4.69, 9.17) is 9.84 Å². The molecule has 0 radical (unpaired) electrons. The Morgan fingerprint density at radius 3 is 2.92 bits per heavy atom. The summed E-state index contributed by atoms with van der Waals surface area (Å²) in [6.45, 7) is -0.160. The van der Waals surface area contributed by atoms with Crippen LogP contribution in [0.5, 0.6) is 0 Å². The van der Waals surface area contributed by atoms with Crippen LogP contribution in [-0.4, -0.2) is 68.9 Å². The zero-order chi connectivity index (χ0) is 18.7. The van der Waals surface area contributed by atoms with Crippen molar-refractivity contribution in [1.82, 2.24) is 25.1 Å². The molecule has 0 fully saturated rings. The van der Waals surface area contributed by atoms with Crippen LogP contribution in [0.25, 0.3) is 5.69 Å². The summed E-state index contributed by atoms with van der Waals surface area (Å²) in [4.78, 5) is 25.8. The number of nitrogens with zero attached hydrogens (tertiary/aromatic N) is 5. The number of ether oxygens (including phenoxy) is 1. The Balaban J connectivity index is 1.94. The number of rotatable bonds is 6. The number of nitrogens with one attached hydrogen (secondary N) is 1. The standard InChI is InChI=1S/C15H15FN6O4/c1-26-15(25)10-7-21(4-5-23)14(24)13(10)18-9-2-3-11(16)12(6-9)22-8-17-19-20-22/h2-3,6,8,18,23H,4-5,7H2,1H3. The molecule has 1 amide bonds. The molecule has 1 aromatic heterocycles. The minimum atomic E-state index is -0.663. The van der Waals surface area contributed by atoms with Crippen molar-refractivity contribution in [2.45, 2.75) is 0 Å². The summed E-state index contributed by atoms with van der Waals surface area (Å²) in [5.41, 5.74) is 0.559. The number of methoxy groups -OCH3 is 1. The van der Waals surface area contributed by atoms with E-state index in [0.29, 0.717) is 5.69 Å². The number of tetrazole rings is 1. The fourth-order valence-electron chi connectivity index (χ4n) is 2.53. The van der Waals surface area contributed by atoms with E-state index in [1.807, 2.05) is 0 Å². The average Bonchev–Trinajstić information content (AvgIpc) is 3.27. The topological polar surface area (TPSA) is 122 Å². The lowest BCUT2D eigenvalue weighted by atomic mass is 10.2. The number of esters is 1. The number of aromatic nitrogens is 4. The summed E-state index contributed by atoms with van der Waals surface area (Å²) in [5.74, 6) is -1.69. The average molecular weight is 362 g/mol. The largest absolute Gasteiger partial charge is 0.466 e. The van der Waals surface area contributed by atoms with E-state index in [2.05, 4.69) is 20.8 Å². The summed E-state index contributed by atoms with van der Waals surface area (Å²) in [7, 11) is 1.21. The van der Waals surface area contributed by atoms with Crippen molar-refractivity contribution in [3.8, 4) is 5.69 Å². The smallest absolute Gasteiger partial charge is 0.337 e. The number of β-amino-alcohol motifs (C(OH)–C–C–N with tert-alkyl or cyclic N) is 1. The lowest BCUT2D eigenvalue weighted by molar-refractivity contribution is -0.136. The highest BCUT2D eigenvalue weighted by atomic mass is 19.1. The SMILES string of the molecule is COC(=O)C1=C(Nc2ccc(F)c(-n3cnnn3)c2)C(=O)N(CCO)C1. The summed E-state index contributed by atoms with van der Waals surface area (Å²) >= 11 is 0. The summed E-state index contributed by atoms with van der Waals surface area (Å²) in [6.07, 6.45) is 1.23. The summed E-state index contributed by atoms with van der Waals surface area (Å²) < 4.78 is 19.9. The molecule has 0 saturated carbocycles. The van der Waals surface area contributed by atoms with Gasteiger partial charge in [-0.05, 0) is 28.6 Å². The van der Waals surface area contributed by atoms with E-state index >= 15 is 0 Å². The zero-order valence-electron chi connectivity index (χ0n) is 13.7. The van der Waals surface area contributed by atoms with Crippen molar-refractivity contribution < 1.29 is 23.8 Å². The van der Waals surface area contributed by atoms with Crippen LogP contribution in [0.2, 0.25) is 0 Å². The Morgan fingerprint density at radius 1 is 1.46 bits per heavy atom. The molecule has 1 aromatic carbocycles. The first-order valence-corrected chi connectivity index (χ1v) is 7.56. The molecule has 2 aromatic rings. The number of aliphatic hydroxyl groups excluding tert-OH is 1. The first-order chi connectivity index (χ1) is 12.5. The van der Waals surface area contributed by atoms with Crippen LogP contribution in [0.1, 0.15) is 0 Å². The van der Waals surface area contributed by atoms with Gasteiger partial charge in [0.1, 0.15) is 23.5 Å². The zero-order valence-corrected chi connectivity index (χ0v) is 13.7. The second-order valence-corrected chi connectivity index (χ2v) is 5.34. The third-order valence-corrected chi connectivity index (χ3v) is 3.76. The number of carbonyl (C=O) groups excluding carboxylic acids is 2. The van der Waals surface area contributed by atoms with Crippen LogP contribution in [-0.2, 0) is 14.3 Å². The molecule has 0 saturated heterocycles. The second-order valence-electron chi connectivity index (χ2n) is 5.34. The van der Waals surface area contributed by atoms with Gasteiger partial charge in [-0.2, -0.15) is 4.68 Å². The first-order valence-electron chi connectivity index (χ1n) is 7.56. The number of aliphatic hydroxyl groups is 1. The van der Waals surface area contributed by atoms with Crippen molar-refractivity contribution in [2.75, 3.05) is 32.1 Å². The maximum atomic E-state index is 14.0. The number of amides is 1. The number of anilines is 1. The van der Waals surface area contributed by atoms with Gasteiger partial charge in [0, 0.05) is 12.2 Å². The van der Waals surface area contributed by atoms with Gasteiger partial charge in [0.2, 0.25) is 0 Å². The van der Waals surface area contributed by atoms with Gasteiger partial charge in [-0.15, -0.1) is 5.10 Å². The third kappa shape index (κ3) is 3.24. The normalized spacial score (nSPS) is 14.1. The molecule has 1 aliphatic heterocycles. The van der Waals surface area contributed by atoms with Crippen LogP contribution in [0.3, 0.4) is 0 Å². The molecule has 1 aliphatic rings. The van der Waals surface area contributed by atoms with Crippen molar-refractivity contribution >= 4 is 17.6 Å². The van der Waals surface area contributed by atoms with Gasteiger partial charge in [-0.1, -0.05) is 0 Å². The van der Waals surface area contributed by atoms with E-state index in [1.165, 1.54) is 36.5 Å². The highest BCUT2D eigenvalue weighted by molar-refractivity contribution is 6.08. The predicted molar refractivity (Wildman–Crippen MR) is 85.4 cm³/mol. The maximum Gasteiger partial charge on any atom is 0.337 e. The van der Waals surface area contributed by atoms with Gasteiger partial charge in [-0.3, -0.25) is 4.79 Å². The molecule has 10 nitrogen and oxygen atoms in total. The van der Waals surface area contributed by atoms with Crippen molar-refractivity contribution in [1.29, 1.82) is 0 Å². The van der Waals surface area contributed by atoms with E-state index in [0.717, 1.165) is 4.68 Å². The number of benzene rings is 1. The minimum Gasteiger partial charge on any atom is -0.466 e. The molecule has 11 heteroatoms. The lowest BCUT2D eigenvalue weighted by Gasteiger charge is -2.15. The minimum absolute atomic E-state index is 0.00937. The summed E-state index contributed by atoms with van der Waals surface area (Å²) in [6, 6.07) is 3.99. The van der Waals surface area contributed by atoms with Gasteiger partial charge in [-0.25, -0.2) is 9.18 Å². The Morgan fingerprint density at radius 2 is 2.27 bits per heavy atom. The third-order valence-electron chi connectivity index (χ3n) is 3.76. The molecule has 2 N–H and O–H groups in total. The Labute approximate surface area is 146 Å². The van der Waals surface area contributed by atoms with Crippen molar-refractivity contribution in [3.05, 3.63) is 41.6 Å². The van der Waals surface area contributed by atoms with Gasteiger partial charge in [0.15, 0.2) is 0 Å². The number of halogens is 1. The molecule has 0 atom stereocenters. The Bertz CT molecular complexity index is 867. The quantitative estimate of drug-likeness (QED) is 0.658. The highest BCUT2D eigenvalue weighted by Crippen LogP contribution is 2.24. The lowest BCUT2D eigenvalue weighted by Crippen LogP contribution is -2.31. The maximum absolute atomic E-state index is 14.0. The fraction of sp³-hybridized carbons (Fsp3) is 0.267. The van der Waals surface area contributed by atoms with Gasteiger partial charge in [0.25, 0.3) is 5.91 Å². The molecular formula is C15H15FN6O4. The number of hydrogen-bond donors (Lipinski definition) is 2. The molecule has 0 unspecified atom stereocenters. The van der Waals surface area contributed by atoms with Crippen LogP contribution in [0.4, 0.5) is 10.1 Å². The molecule has 0 aliphatic carbocycles. The van der Waals surface area contributed by atoms with E-state index in [-0.39, 0.29) is 36.7 Å². The van der Waals surface area contributed by atoms with E-state index < -0.39 is 17.7 Å². The van der Waals surface area contributed by atoms with Crippen LogP contribution < -0.4 is 5.32 Å². The monoisotopic (exact) mass is 362 g/mol. The summed E-state index contributed by atoms with van der Waals surface area (Å²) in [5, 5.41) is 22.4. The first kappa shape index (κ1) is 17.5. The number of hydrogen-bond acceptors (Lipinski definition) is 8. The molecule has 2 heterocycles. The van der Waals surface area contributed by atoms with Crippen LogP contribution in [0.15, 0.2) is 35.8 Å². The molecule has 3 rings (SSSR count). The number of carbonyl (C=O) groups is 2.